The van der Waals surface area contributed by atoms with Crippen LogP contribution in [-0.4, -0.2) is 103 Å². The molecular weight excluding hydrogens is 835 g/mol. The zero-order chi connectivity index (χ0) is 43.9. The summed E-state index contributed by atoms with van der Waals surface area (Å²) in [6.45, 7) is 9.90. The highest BCUT2D eigenvalue weighted by Crippen LogP contribution is 2.38. The number of rotatable bonds is 9. The molecule has 0 radical (unpaired) electrons. The van der Waals surface area contributed by atoms with E-state index in [9.17, 15) is 24.4 Å². The van der Waals surface area contributed by atoms with E-state index in [-0.39, 0.29) is 56.0 Å². The first-order valence-corrected chi connectivity index (χ1v) is 21.0. The number of halogens is 2. The van der Waals surface area contributed by atoms with Gasteiger partial charge in [0.05, 0.1) is 33.5 Å². The molecule has 3 saturated heterocycles. The Labute approximate surface area is 366 Å². The van der Waals surface area contributed by atoms with E-state index >= 15 is 4.39 Å². The highest BCUT2D eigenvalue weighted by atomic mass is 35.5. The van der Waals surface area contributed by atoms with E-state index in [4.69, 9.17) is 23.8 Å². The van der Waals surface area contributed by atoms with Crippen molar-refractivity contribution in [3.05, 3.63) is 105 Å². The van der Waals surface area contributed by atoms with Gasteiger partial charge in [-0.2, -0.15) is 5.26 Å². The van der Waals surface area contributed by atoms with Gasteiger partial charge in [0, 0.05) is 69.2 Å². The number of aromatic nitrogens is 5. The van der Waals surface area contributed by atoms with Crippen LogP contribution in [0.15, 0.2) is 65.7 Å². The molecule has 318 valence electrons. The molecule has 3 amide bonds. The summed E-state index contributed by atoms with van der Waals surface area (Å²) < 4.78 is 15.6. The first kappa shape index (κ1) is 42.3. The largest absolute Gasteiger partial charge is 0.355 e. The number of piperazine rings is 1. The fraction of sp³-hybridized carbons (Fsp3) is 0.349. The molecule has 16 nitrogen and oxygen atoms in total. The highest BCUT2D eigenvalue weighted by molar-refractivity contribution is 7.81. The van der Waals surface area contributed by atoms with Crippen molar-refractivity contribution in [1.29, 1.82) is 5.26 Å². The Hall–Kier alpha value is -6.42. The minimum Gasteiger partial charge on any atom is -0.355 e. The standard InChI is InChI=1S/C43H42ClFN12O4S/c1-4-26-18-33-34(49-38(26)58)17-25(22-47-33)24-53-13-15-55(16-14-53)40(60)27-9-11-54(12-10-27)37-8-7-36(51-52-37)50-39(59)30-6-5-28(20-32(30)45)57-42(62)56(41(61)43(57,2)3)29-19-31(44)35(21-46)48-23-29/h5-8,17-20,22-23,27H,4,9-16,24H2,1-3H3,(H,49,58)(H,50,51,59). The van der Waals surface area contributed by atoms with Gasteiger partial charge in [0.1, 0.15) is 17.4 Å². The number of amides is 3. The molecule has 1 aromatic carbocycles. The molecule has 0 spiro atoms. The van der Waals surface area contributed by atoms with Crippen molar-refractivity contribution in [2.24, 2.45) is 5.92 Å². The molecule has 0 saturated carbocycles. The monoisotopic (exact) mass is 876 g/mol. The van der Waals surface area contributed by atoms with Gasteiger partial charge >= 0.3 is 0 Å². The van der Waals surface area contributed by atoms with Crippen molar-refractivity contribution in [2.45, 2.75) is 52.1 Å². The van der Waals surface area contributed by atoms with Crippen molar-refractivity contribution in [2.75, 3.05) is 59.3 Å². The molecule has 2 N–H and O–H groups in total. The number of aromatic amines is 1. The summed E-state index contributed by atoms with van der Waals surface area (Å²) in [6.07, 6.45) is 5.15. The van der Waals surface area contributed by atoms with Crippen LogP contribution in [0.5, 0.6) is 0 Å². The second kappa shape index (κ2) is 17.2. The van der Waals surface area contributed by atoms with Gasteiger partial charge < -0.3 is 25.0 Å². The number of nitriles is 1. The number of aryl methyl sites for hydroxylation is 1. The maximum Gasteiger partial charge on any atom is 0.259 e. The van der Waals surface area contributed by atoms with Crippen molar-refractivity contribution >= 4 is 80.7 Å². The third-order valence-corrected chi connectivity index (χ3v) is 12.3. The number of hydrogen-bond donors (Lipinski definition) is 2. The van der Waals surface area contributed by atoms with Crippen LogP contribution in [0.1, 0.15) is 60.8 Å². The Bertz CT molecular complexity index is 2710. The van der Waals surface area contributed by atoms with Crippen LogP contribution >= 0.6 is 23.8 Å². The summed E-state index contributed by atoms with van der Waals surface area (Å²) in [4.78, 5) is 73.1. The molecule has 3 fully saturated rings. The van der Waals surface area contributed by atoms with Gasteiger partial charge in [-0.25, -0.2) is 9.37 Å². The van der Waals surface area contributed by atoms with Gasteiger partial charge in [-0.3, -0.25) is 34.0 Å². The Morgan fingerprint density at radius 3 is 2.40 bits per heavy atom. The molecule has 0 aliphatic carbocycles. The number of fused-ring (bicyclic) bond motifs is 1. The third kappa shape index (κ3) is 8.18. The van der Waals surface area contributed by atoms with Gasteiger partial charge in [0.2, 0.25) is 5.91 Å². The van der Waals surface area contributed by atoms with E-state index in [0.717, 1.165) is 35.8 Å². The van der Waals surface area contributed by atoms with E-state index in [1.54, 1.807) is 26.0 Å². The maximum absolute atomic E-state index is 15.6. The van der Waals surface area contributed by atoms with Crippen LogP contribution in [0.3, 0.4) is 0 Å². The molecule has 4 aromatic heterocycles. The predicted octanol–water partition coefficient (Wildman–Crippen LogP) is 5.06. The lowest BCUT2D eigenvalue weighted by Gasteiger charge is -2.38. The number of thiocarbonyl (C=S) groups is 1. The topological polar surface area (TPSA) is 188 Å². The van der Waals surface area contributed by atoms with Crippen LogP contribution < -0.4 is 25.6 Å². The van der Waals surface area contributed by atoms with Crippen LogP contribution in [0.2, 0.25) is 5.02 Å². The summed E-state index contributed by atoms with van der Waals surface area (Å²) in [5.41, 5.74) is 2.14. The van der Waals surface area contributed by atoms with Gasteiger partial charge in [-0.1, -0.05) is 18.5 Å². The summed E-state index contributed by atoms with van der Waals surface area (Å²) in [5, 5.41) is 20.3. The zero-order valence-corrected chi connectivity index (χ0v) is 35.8. The minimum atomic E-state index is -1.24. The minimum absolute atomic E-state index is 0.00506. The van der Waals surface area contributed by atoms with Gasteiger partial charge in [-0.05, 0) is 99.4 Å². The predicted molar refractivity (Wildman–Crippen MR) is 236 cm³/mol. The average Bonchev–Trinajstić information content (AvgIpc) is 3.44. The van der Waals surface area contributed by atoms with Crippen LogP contribution in [0.25, 0.3) is 11.0 Å². The number of carbonyl (C=O) groups is 3. The first-order chi connectivity index (χ1) is 29.7. The molecule has 19 heteroatoms. The molecule has 0 bridgehead atoms. The van der Waals surface area contributed by atoms with Gasteiger partial charge in [0.15, 0.2) is 22.4 Å². The van der Waals surface area contributed by atoms with Crippen molar-refractivity contribution < 1.29 is 18.8 Å². The molecule has 8 rings (SSSR count). The summed E-state index contributed by atoms with van der Waals surface area (Å²) >= 11 is 11.8. The Kier molecular flexibility index (Phi) is 11.7. The second-order valence-corrected chi connectivity index (χ2v) is 16.7. The Morgan fingerprint density at radius 2 is 1.74 bits per heavy atom. The van der Waals surface area contributed by atoms with Crippen LogP contribution in [0.4, 0.5) is 27.4 Å². The molecule has 3 aliphatic heterocycles. The number of carbonyl (C=O) groups excluding carboxylic acids is 3. The number of nitrogens with zero attached hydrogens (tertiary/aromatic N) is 10. The van der Waals surface area contributed by atoms with Crippen LogP contribution in [0, 0.1) is 23.1 Å². The summed E-state index contributed by atoms with van der Waals surface area (Å²) in [5.74, 6) is -1.21. The Morgan fingerprint density at radius 1 is 0.984 bits per heavy atom. The number of benzene rings is 1. The van der Waals surface area contributed by atoms with E-state index in [1.165, 1.54) is 34.2 Å². The van der Waals surface area contributed by atoms with E-state index in [0.29, 0.717) is 63.4 Å². The quantitative estimate of drug-likeness (QED) is 0.187. The Balaban J connectivity index is 0.821. The summed E-state index contributed by atoms with van der Waals surface area (Å²) in [7, 11) is 0. The van der Waals surface area contributed by atoms with Crippen molar-refractivity contribution in [3.63, 3.8) is 0 Å². The smallest absolute Gasteiger partial charge is 0.259 e. The molecule has 3 aliphatic rings. The van der Waals surface area contributed by atoms with Gasteiger partial charge in [-0.15, -0.1) is 10.2 Å². The maximum atomic E-state index is 15.6. The number of piperidine rings is 1. The van der Waals surface area contributed by atoms with Crippen molar-refractivity contribution in [1.82, 2.24) is 34.9 Å². The lowest BCUT2D eigenvalue weighted by Crippen LogP contribution is -2.51. The van der Waals surface area contributed by atoms with Crippen molar-refractivity contribution in [3.8, 4) is 6.07 Å². The lowest BCUT2D eigenvalue weighted by atomic mass is 9.95. The first-order valence-electron chi connectivity index (χ1n) is 20.2. The van der Waals surface area contributed by atoms with Gasteiger partial charge in [0.25, 0.3) is 17.4 Å². The molecule has 0 atom stereocenters. The van der Waals surface area contributed by atoms with E-state index in [2.05, 4.69) is 40.3 Å². The zero-order valence-electron chi connectivity index (χ0n) is 34.2. The second-order valence-electron chi connectivity index (χ2n) is 16.0. The van der Waals surface area contributed by atoms with Crippen LogP contribution in [-0.2, 0) is 22.6 Å². The molecule has 0 unspecified atom stereocenters. The number of pyridine rings is 3. The average molecular weight is 877 g/mol. The fourth-order valence-corrected chi connectivity index (χ4v) is 8.90. The third-order valence-electron chi connectivity index (χ3n) is 11.7. The number of H-pyrrole nitrogens is 1. The normalized spacial score (nSPS) is 17.2. The molecule has 5 aromatic rings. The number of anilines is 4. The van der Waals surface area contributed by atoms with E-state index in [1.807, 2.05) is 36.2 Å². The molecule has 62 heavy (non-hydrogen) atoms. The number of nitrogens with one attached hydrogen (secondary N) is 2. The SMILES string of the molecule is CCc1cc2ncc(CN3CCN(C(=O)C4CCN(c5ccc(NC(=O)c6ccc(N7C(=S)N(c8cnc(C#N)c(Cl)c8)C(=O)C7(C)C)cc6F)nn5)CC4)CC3)cc2[nH]c1=O. The molecular formula is C43H42ClFN12O4S. The van der Waals surface area contributed by atoms with E-state index < -0.39 is 23.2 Å². The molecule has 7 heterocycles. The fourth-order valence-electron chi connectivity index (χ4n) is 8.17. The highest BCUT2D eigenvalue weighted by Gasteiger charge is 2.50. The number of hydrogen-bond acceptors (Lipinski definition) is 12. The summed E-state index contributed by atoms with van der Waals surface area (Å²) in [6, 6.07) is 14.4. The lowest BCUT2D eigenvalue weighted by molar-refractivity contribution is -0.138.